The summed E-state index contributed by atoms with van der Waals surface area (Å²) in [6, 6.07) is 6.06. The van der Waals surface area contributed by atoms with Gasteiger partial charge in [0.05, 0.1) is 29.2 Å². The van der Waals surface area contributed by atoms with Gasteiger partial charge < -0.3 is 9.88 Å². The van der Waals surface area contributed by atoms with Crippen LogP contribution in [0.4, 0.5) is 0 Å². The molecule has 0 unspecified atom stereocenters. The molecular formula is C16H18N4O3S. The molecule has 7 nitrogen and oxygen atoms in total. The first-order valence-corrected chi connectivity index (χ1v) is 9.00. The molecule has 1 amide bonds. The van der Waals surface area contributed by atoms with Crippen LogP contribution in [0.15, 0.2) is 48.1 Å². The Kier molecular flexibility index (Phi) is 4.50. The smallest absolute Gasteiger partial charge is 0.254 e. The third kappa shape index (κ3) is 3.24. The summed E-state index contributed by atoms with van der Waals surface area (Å²) in [4.78, 5) is 21.7. The first-order chi connectivity index (χ1) is 11.5. The second-order valence-corrected chi connectivity index (χ2v) is 7.24. The molecule has 0 saturated heterocycles. The number of nitrogens with one attached hydrogen (secondary N) is 2. The monoisotopic (exact) mass is 346 g/mol. The molecule has 0 bridgehead atoms. The lowest BCUT2D eigenvalue weighted by molar-refractivity contribution is 0.0731. The number of hydrogen-bond acceptors (Lipinski definition) is 4. The summed E-state index contributed by atoms with van der Waals surface area (Å²) < 4.78 is 26.7. The van der Waals surface area contributed by atoms with Gasteiger partial charge in [0.25, 0.3) is 5.91 Å². The first-order valence-electron chi connectivity index (χ1n) is 7.52. The molecule has 0 fully saturated rings. The number of benzene rings is 1. The third-order valence-corrected chi connectivity index (χ3v) is 5.29. The molecule has 1 aliphatic heterocycles. The van der Waals surface area contributed by atoms with Gasteiger partial charge in [-0.05, 0) is 18.2 Å². The zero-order valence-electron chi connectivity index (χ0n) is 13.0. The lowest BCUT2D eigenvalue weighted by Gasteiger charge is -2.26. The molecule has 0 aliphatic carbocycles. The van der Waals surface area contributed by atoms with Crippen LogP contribution in [0.3, 0.4) is 0 Å². The highest BCUT2D eigenvalue weighted by molar-refractivity contribution is 7.89. The van der Waals surface area contributed by atoms with Gasteiger partial charge in [0, 0.05) is 25.1 Å². The van der Waals surface area contributed by atoms with Crippen molar-refractivity contribution < 1.29 is 13.2 Å². The van der Waals surface area contributed by atoms with Gasteiger partial charge in [-0.3, -0.25) is 4.79 Å². The number of fused-ring (bicyclic) bond motifs is 1. The molecule has 24 heavy (non-hydrogen) atoms. The van der Waals surface area contributed by atoms with Gasteiger partial charge in [-0.25, -0.2) is 18.1 Å². The highest BCUT2D eigenvalue weighted by Gasteiger charge is 2.24. The van der Waals surface area contributed by atoms with E-state index >= 15 is 0 Å². The molecule has 2 N–H and O–H groups in total. The predicted octanol–water partition coefficient (Wildman–Crippen LogP) is 1.07. The fourth-order valence-corrected chi connectivity index (χ4v) is 3.66. The maximum absolute atomic E-state index is 12.7. The van der Waals surface area contributed by atoms with Crippen LogP contribution in [0, 0.1) is 0 Å². The molecule has 126 valence electrons. The van der Waals surface area contributed by atoms with E-state index in [0.29, 0.717) is 25.1 Å². The topological polar surface area (TPSA) is 95.2 Å². The number of aromatic amines is 1. The fraction of sp³-hybridized carbons (Fsp3) is 0.250. The van der Waals surface area contributed by atoms with Crippen molar-refractivity contribution in [3.05, 3.63) is 60.2 Å². The first kappa shape index (κ1) is 16.4. The van der Waals surface area contributed by atoms with Crippen molar-refractivity contribution in [1.82, 2.24) is 19.6 Å². The van der Waals surface area contributed by atoms with Crippen LogP contribution >= 0.6 is 0 Å². The van der Waals surface area contributed by atoms with E-state index in [2.05, 4.69) is 21.3 Å². The molecule has 3 rings (SSSR count). The second kappa shape index (κ2) is 6.58. The van der Waals surface area contributed by atoms with Crippen molar-refractivity contribution in [2.75, 3.05) is 13.1 Å². The van der Waals surface area contributed by atoms with E-state index in [1.54, 1.807) is 23.4 Å². The summed E-state index contributed by atoms with van der Waals surface area (Å²) in [6.45, 7) is 4.62. The Hall–Kier alpha value is -2.45. The van der Waals surface area contributed by atoms with Gasteiger partial charge in [0.1, 0.15) is 0 Å². The summed E-state index contributed by atoms with van der Waals surface area (Å²) in [7, 11) is -3.66. The number of carbonyl (C=O) groups excluding carboxylic acids is 1. The molecule has 0 radical (unpaired) electrons. The van der Waals surface area contributed by atoms with Crippen LogP contribution < -0.4 is 4.72 Å². The average Bonchev–Trinajstić information content (AvgIpc) is 3.07. The molecule has 0 saturated carbocycles. The Morgan fingerprint density at radius 3 is 3.08 bits per heavy atom. The predicted molar refractivity (Wildman–Crippen MR) is 88.9 cm³/mol. The van der Waals surface area contributed by atoms with Crippen molar-refractivity contribution >= 4 is 15.9 Å². The van der Waals surface area contributed by atoms with Crippen molar-refractivity contribution in [2.45, 2.75) is 17.9 Å². The van der Waals surface area contributed by atoms with Crippen LogP contribution in [-0.2, 0) is 23.0 Å². The van der Waals surface area contributed by atoms with E-state index in [4.69, 9.17) is 0 Å². The molecule has 1 aromatic heterocycles. The number of amides is 1. The van der Waals surface area contributed by atoms with E-state index in [-0.39, 0.29) is 17.3 Å². The van der Waals surface area contributed by atoms with Crippen molar-refractivity contribution in [3.63, 3.8) is 0 Å². The molecular weight excluding hydrogens is 328 g/mol. The lowest BCUT2D eigenvalue weighted by atomic mass is 10.1. The van der Waals surface area contributed by atoms with Gasteiger partial charge in [-0.1, -0.05) is 12.1 Å². The van der Waals surface area contributed by atoms with Gasteiger partial charge in [-0.2, -0.15) is 0 Å². The summed E-state index contributed by atoms with van der Waals surface area (Å²) in [5.41, 5.74) is 2.24. The molecule has 1 aliphatic rings. The molecule has 2 heterocycles. The van der Waals surface area contributed by atoms with Crippen molar-refractivity contribution in [1.29, 1.82) is 0 Å². The number of rotatable bonds is 5. The minimum atomic E-state index is -3.66. The maximum Gasteiger partial charge on any atom is 0.254 e. The summed E-state index contributed by atoms with van der Waals surface area (Å²) in [5.74, 6) is -0.198. The van der Waals surface area contributed by atoms with Crippen LogP contribution in [0.25, 0.3) is 0 Å². The van der Waals surface area contributed by atoms with Crippen molar-refractivity contribution in [3.8, 4) is 0 Å². The fourth-order valence-electron chi connectivity index (χ4n) is 2.62. The lowest BCUT2D eigenvalue weighted by Crippen LogP contribution is -2.36. The Morgan fingerprint density at radius 2 is 2.29 bits per heavy atom. The van der Waals surface area contributed by atoms with E-state index in [1.165, 1.54) is 18.2 Å². The quantitative estimate of drug-likeness (QED) is 0.792. The van der Waals surface area contributed by atoms with Crippen LogP contribution in [-0.4, -0.2) is 42.3 Å². The molecule has 0 spiro atoms. The minimum absolute atomic E-state index is 0.0643. The van der Waals surface area contributed by atoms with E-state index in [1.807, 2.05) is 0 Å². The van der Waals surface area contributed by atoms with Gasteiger partial charge >= 0.3 is 0 Å². The highest BCUT2D eigenvalue weighted by atomic mass is 32.2. The van der Waals surface area contributed by atoms with Crippen LogP contribution in [0.5, 0.6) is 0 Å². The SMILES string of the molecule is C=CCNS(=O)(=O)c1cccc(C(=O)N2CCc3nc[nH]c3C2)c1. The number of H-pyrrole nitrogens is 1. The van der Waals surface area contributed by atoms with E-state index < -0.39 is 10.0 Å². The molecule has 0 atom stereocenters. The van der Waals surface area contributed by atoms with Crippen molar-refractivity contribution in [2.24, 2.45) is 0 Å². The largest absolute Gasteiger partial charge is 0.347 e. The van der Waals surface area contributed by atoms with Crippen LogP contribution in [0.1, 0.15) is 21.7 Å². The Labute approximate surface area is 140 Å². The Balaban J connectivity index is 1.81. The Bertz CT molecular complexity index is 873. The number of aromatic nitrogens is 2. The van der Waals surface area contributed by atoms with Gasteiger partial charge in [-0.15, -0.1) is 6.58 Å². The van der Waals surface area contributed by atoms with Gasteiger partial charge in [0.2, 0.25) is 10.0 Å². The zero-order chi connectivity index (χ0) is 17.2. The standard InChI is InChI=1S/C16H18N4O3S/c1-2-7-19-24(22,23)13-5-3-4-12(9-13)16(21)20-8-6-14-15(10-20)18-11-17-14/h2-5,9,11,19H,1,6-8,10H2,(H,17,18). The third-order valence-electron chi connectivity index (χ3n) is 3.87. The van der Waals surface area contributed by atoms with E-state index in [9.17, 15) is 13.2 Å². The number of sulfonamides is 1. The maximum atomic E-state index is 12.7. The Morgan fingerprint density at radius 1 is 1.46 bits per heavy atom. The highest BCUT2D eigenvalue weighted by Crippen LogP contribution is 2.19. The van der Waals surface area contributed by atoms with Crippen LogP contribution in [0.2, 0.25) is 0 Å². The molecule has 8 heteroatoms. The second-order valence-electron chi connectivity index (χ2n) is 5.47. The normalized spacial score (nSPS) is 14.2. The molecule has 1 aromatic carbocycles. The summed E-state index contributed by atoms with van der Waals surface area (Å²) in [6.07, 6.45) is 3.77. The van der Waals surface area contributed by atoms with E-state index in [0.717, 1.165) is 11.4 Å². The number of imidazole rings is 1. The number of hydrogen-bond donors (Lipinski definition) is 2. The number of carbonyl (C=O) groups is 1. The number of nitrogens with zero attached hydrogens (tertiary/aromatic N) is 2. The summed E-state index contributed by atoms with van der Waals surface area (Å²) >= 11 is 0. The zero-order valence-corrected chi connectivity index (χ0v) is 13.8. The van der Waals surface area contributed by atoms with Gasteiger partial charge in [0.15, 0.2) is 0 Å². The average molecular weight is 346 g/mol. The minimum Gasteiger partial charge on any atom is -0.347 e. The molecule has 2 aromatic rings. The summed E-state index contributed by atoms with van der Waals surface area (Å²) in [5, 5.41) is 0.